The van der Waals surface area contributed by atoms with Crippen molar-refractivity contribution in [3.8, 4) is 0 Å². The van der Waals surface area contributed by atoms with E-state index in [-0.39, 0.29) is 0 Å². The van der Waals surface area contributed by atoms with E-state index in [4.69, 9.17) is 5.73 Å². The molecule has 2 N–H and O–H groups in total. The van der Waals surface area contributed by atoms with E-state index >= 15 is 0 Å². The summed E-state index contributed by atoms with van der Waals surface area (Å²) in [5.41, 5.74) is 12.2. The predicted octanol–water partition coefficient (Wildman–Crippen LogP) is 1.60. The smallest absolute Gasteiger partial charge is 0.0120 e. The van der Waals surface area contributed by atoms with E-state index in [2.05, 4.69) is 12.1 Å². The van der Waals surface area contributed by atoms with Gasteiger partial charge in [-0.1, -0.05) is 12.1 Å². The number of benzene rings is 1. The largest absolute Gasteiger partial charge is 0.327 e. The Morgan fingerprint density at radius 3 is 2.00 bits per heavy atom. The van der Waals surface area contributed by atoms with Crippen molar-refractivity contribution in [2.45, 2.75) is 38.1 Å². The number of rotatable bonds is 0. The molecule has 0 radical (unpaired) electrons. The van der Waals surface area contributed by atoms with E-state index in [0.29, 0.717) is 6.04 Å². The van der Waals surface area contributed by atoms with E-state index in [9.17, 15) is 0 Å². The van der Waals surface area contributed by atoms with Crippen LogP contribution in [0, 0.1) is 0 Å². The normalized spacial score (nSPS) is 20.4. The van der Waals surface area contributed by atoms with Gasteiger partial charge in [0.1, 0.15) is 0 Å². The van der Waals surface area contributed by atoms with Gasteiger partial charge in [0.2, 0.25) is 0 Å². The second-order valence-electron chi connectivity index (χ2n) is 4.41. The Bertz CT molecular complexity index is 321. The number of aryl methyl sites for hydroxylation is 2. The zero-order valence-corrected chi connectivity index (χ0v) is 7.84. The van der Waals surface area contributed by atoms with Crippen LogP contribution in [0.2, 0.25) is 0 Å². The molecule has 0 aliphatic heterocycles. The first kappa shape index (κ1) is 7.57. The molecule has 1 aromatic carbocycles. The highest BCUT2D eigenvalue weighted by atomic mass is 14.6. The van der Waals surface area contributed by atoms with Gasteiger partial charge in [0.15, 0.2) is 0 Å². The van der Waals surface area contributed by atoms with Crippen molar-refractivity contribution in [2.24, 2.45) is 5.73 Å². The van der Waals surface area contributed by atoms with Crippen molar-refractivity contribution in [1.82, 2.24) is 0 Å². The van der Waals surface area contributed by atoms with E-state index < -0.39 is 0 Å². The second kappa shape index (κ2) is 2.58. The van der Waals surface area contributed by atoms with Crippen LogP contribution in [0.25, 0.3) is 0 Å². The Balaban J connectivity index is 2.10. The molecule has 1 aromatic rings. The Labute approximate surface area is 78.9 Å². The van der Waals surface area contributed by atoms with Crippen LogP contribution in [0.1, 0.15) is 28.7 Å². The van der Waals surface area contributed by atoms with Gasteiger partial charge in [-0.2, -0.15) is 0 Å². The average molecular weight is 173 g/mol. The van der Waals surface area contributed by atoms with Gasteiger partial charge in [-0.3, -0.25) is 0 Å². The number of nitrogens with two attached hydrogens (primary N) is 1. The lowest BCUT2D eigenvalue weighted by molar-refractivity contribution is 0.721. The minimum absolute atomic E-state index is 0.387. The fourth-order valence-electron chi connectivity index (χ4n) is 2.74. The molecule has 0 unspecified atom stereocenters. The lowest BCUT2D eigenvalue weighted by atomic mass is 10.0. The van der Waals surface area contributed by atoms with Crippen LogP contribution in [0.5, 0.6) is 0 Å². The maximum Gasteiger partial charge on any atom is 0.0120 e. The molecule has 1 heteroatoms. The van der Waals surface area contributed by atoms with Gasteiger partial charge in [-0.25, -0.2) is 0 Å². The van der Waals surface area contributed by atoms with Gasteiger partial charge in [0, 0.05) is 6.04 Å². The monoisotopic (exact) mass is 173 g/mol. The summed E-state index contributed by atoms with van der Waals surface area (Å²) in [7, 11) is 0. The molecule has 0 saturated carbocycles. The van der Waals surface area contributed by atoms with E-state index in [0.717, 1.165) is 12.8 Å². The first-order valence-electron chi connectivity index (χ1n) is 5.22. The fraction of sp³-hybridized carbons (Fsp3) is 0.500. The van der Waals surface area contributed by atoms with Crippen LogP contribution in [0.15, 0.2) is 12.1 Å². The average Bonchev–Trinajstić information content (AvgIpc) is 2.63. The van der Waals surface area contributed by atoms with Crippen LogP contribution in [-0.2, 0) is 25.7 Å². The molecule has 2 aliphatic carbocycles. The first-order chi connectivity index (χ1) is 6.33. The van der Waals surface area contributed by atoms with Crippen LogP contribution in [-0.4, -0.2) is 6.04 Å². The molecular weight excluding hydrogens is 158 g/mol. The summed E-state index contributed by atoms with van der Waals surface area (Å²) >= 11 is 0. The van der Waals surface area contributed by atoms with Crippen molar-refractivity contribution < 1.29 is 0 Å². The standard InChI is InChI=1S/C12H15N/c13-12-6-10-4-8-2-1-3-9(8)5-11(10)7-12/h4-5,12H,1-3,6-7,13H2. The molecule has 0 fully saturated rings. The molecule has 2 aliphatic rings. The van der Waals surface area contributed by atoms with E-state index in [1.165, 1.54) is 30.4 Å². The van der Waals surface area contributed by atoms with E-state index in [1.54, 1.807) is 11.1 Å². The van der Waals surface area contributed by atoms with Crippen molar-refractivity contribution in [1.29, 1.82) is 0 Å². The summed E-state index contributed by atoms with van der Waals surface area (Å²) in [5.74, 6) is 0. The van der Waals surface area contributed by atoms with Crippen molar-refractivity contribution >= 4 is 0 Å². The quantitative estimate of drug-likeness (QED) is 0.633. The molecule has 3 rings (SSSR count). The number of hydrogen-bond acceptors (Lipinski definition) is 1. The Hall–Kier alpha value is -0.820. The second-order valence-corrected chi connectivity index (χ2v) is 4.41. The van der Waals surface area contributed by atoms with Crippen LogP contribution in [0.3, 0.4) is 0 Å². The third kappa shape index (κ3) is 1.11. The lowest BCUT2D eigenvalue weighted by Crippen LogP contribution is -2.19. The van der Waals surface area contributed by atoms with Crippen LogP contribution < -0.4 is 5.73 Å². The first-order valence-corrected chi connectivity index (χ1v) is 5.22. The lowest BCUT2D eigenvalue weighted by Gasteiger charge is -2.03. The van der Waals surface area contributed by atoms with Crippen molar-refractivity contribution in [3.63, 3.8) is 0 Å². The summed E-state index contributed by atoms with van der Waals surface area (Å²) in [6.45, 7) is 0. The molecule has 0 saturated heterocycles. The summed E-state index contributed by atoms with van der Waals surface area (Å²) in [4.78, 5) is 0. The van der Waals surface area contributed by atoms with Crippen molar-refractivity contribution in [3.05, 3.63) is 34.4 Å². The summed E-state index contributed by atoms with van der Waals surface area (Å²) in [6.07, 6.45) is 6.13. The molecule has 13 heavy (non-hydrogen) atoms. The highest BCUT2D eigenvalue weighted by Gasteiger charge is 2.21. The highest BCUT2D eigenvalue weighted by Crippen LogP contribution is 2.29. The molecule has 0 heterocycles. The third-order valence-electron chi connectivity index (χ3n) is 3.38. The molecular formula is C12H15N. The SMILES string of the molecule is NC1Cc2cc3c(cc2C1)CCC3. The highest BCUT2D eigenvalue weighted by molar-refractivity contribution is 5.43. The Morgan fingerprint density at radius 2 is 1.46 bits per heavy atom. The summed E-state index contributed by atoms with van der Waals surface area (Å²) < 4.78 is 0. The van der Waals surface area contributed by atoms with Gasteiger partial charge in [0.05, 0.1) is 0 Å². The van der Waals surface area contributed by atoms with Gasteiger partial charge in [-0.15, -0.1) is 0 Å². The molecule has 0 spiro atoms. The molecule has 0 bridgehead atoms. The van der Waals surface area contributed by atoms with Crippen LogP contribution >= 0.6 is 0 Å². The van der Waals surface area contributed by atoms with Gasteiger partial charge in [0.25, 0.3) is 0 Å². The minimum Gasteiger partial charge on any atom is -0.327 e. The van der Waals surface area contributed by atoms with Gasteiger partial charge in [-0.05, 0) is 54.4 Å². The minimum atomic E-state index is 0.387. The Morgan fingerprint density at radius 1 is 0.923 bits per heavy atom. The molecule has 1 nitrogen and oxygen atoms in total. The zero-order valence-electron chi connectivity index (χ0n) is 7.84. The number of fused-ring (bicyclic) bond motifs is 2. The van der Waals surface area contributed by atoms with E-state index in [1.807, 2.05) is 0 Å². The molecule has 0 atom stereocenters. The van der Waals surface area contributed by atoms with Crippen LogP contribution in [0.4, 0.5) is 0 Å². The maximum atomic E-state index is 5.94. The topological polar surface area (TPSA) is 26.0 Å². The van der Waals surface area contributed by atoms with Gasteiger partial charge >= 0.3 is 0 Å². The summed E-state index contributed by atoms with van der Waals surface area (Å²) in [6, 6.07) is 5.20. The Kier molecular flexibility index (Phi) is 1.50. The molecule has 68 valence electrons. The summed E-state index contributed by atoms with van der Waals surface area (Å²) in [5, 5.41) is 0. The fourth-order valence-corrected chi connectivity index (χ4v) is 2.74. The predicted molar refractivity (Wildman–Crippen MR) is 53.9 cm³/mol. The maximum absolute atomic E-state index is 5.94. The third-order valence-corrected chi connectivity index (χ3v) is 3.38. The number of hydrogen-bond donors (Lipinski definition) is 1. The molecule has 0 aromatic heterocycles. The van der Waals surface area contributed by atoms with Crippen molar-refractivity contribution in [2.75, 3.05) is 0 Å². The molecule has 0 amide bonds. The van der Waals surface area contributed by atoms with Gasteiger partial charge < -0.3 is 5.73 Å². The zero-order chi connectivity index (χ0) is 8.84.